The van der Waals surface area contributed by atoms with E-state index in [1.807, 2.05) is 73.0 Å². The molecule has 5 nitrogen and oxygen atoms in total. The third kappa shape index (κ3) is 4.70. The van der Waals surface area contributed by atoms with E-state index in [4.69, 9.17) is 11.6 Å². The number of rotatable bonds is 7. The number of benzene rings is 2. The lowest BCUT2D eigenvalue weighted by atomic mass is 10.1. The van der Waals surface area contributed by atoms with Gasteiger partial charge >= 0.3 is 0 Å². The van der Waals surface area contributed by atoms with Crippen LogP contribution in [0.3, 0.4) is 0 Å². The molecule has 0 aliphatic heterocycles. The summed E-state index contributed by atoms with van der Waals surface area (Å²) in [5.74, 6) is 0.947. The summed E-state index contributed by atoms with van der Waals surface area (Å²) in [5, 5.41) is 12.9. The van der Waals surface area contributed by atoms with Crippen LogP contribution in [0.15, 0.2) is 59.8 Å². The van der Waals surface area contributed by atoms with E-state index in [1.165, 1.54) is 11.8 Å². The molecule has 27 heavy (non-hydrogen) atoms. The molecule has 0 saturated carbocycles. The number of nitrogens with one attached hydrogen (secondary N) is 1. The van der Waals surface area contributed by atoms with Gasteiger partial charge in [0.25, 0.3) is 0 Å². The highest BCUT2D eigenvalue weighted by atomic mass is 35.5. The molecule has 3 aromatic rings. The largest absolute Gasteiger partial charge is 0.349 e. The predicted molar refractivity (Wildman–Crippen MR) is 110 cm³/mol. The zero-order valence-corrected chi connectivity index (χ0v) is 16.8. The van der Waals surface area contributed by atoms with Crippen LogP contribution in [-0.4, -0.2) is 26.4 Å². The van der Waals surface area contributed by atoms with Crippen molar-refractivity contribution in [2.75, 3.05) is 5.75 Å². The lowest BCUT2D eigenvalue weighted by Gasteiger charge is -2.14. The summed E-state index contributed by atoms with van der Waals surface area (Å²) in [7, 11) is 0. The van der Waals surface area contributed by atoms with E-state index in [2.05, 4.69) is 15.5 Å². The van der Waals surface area contributed by atoms with Crippen molar-refractivity contribution in [3.63, 3.8) is 0 Å². The zero-order chi connectivity index (χ0) is 19.2. The smallest absolute Gasteiger partial charge is 0.230 e. The molecule has 0 aliphatic carbocycles. The van der Waals surface area contributed by atoms with Gasteiger partial charge in [0.1, 0.15) is 0 Å². The van der Waals surface area contributed by atoms with E-state index in [-0.39, 0.29) is 17.7 Å². The average Bonchev–Trinajstić information content (AvgIpc) is 3.10. The summed E-state index contributed by atoms with van der Waals surface area (Å²) in [4.78, 5) is 12.3. The molecule has 0 aliphatic rings. The Hall–Kier alpha value is -2.31. The molecule has 0 radical (unpaired) electrons. The van der Waals surface area contributed by atoms with E-state index < -0.39 is 0 Å². The van der Waals surface area contributed by atoms with Crippen molar-refractivity contribution in [2.24, 2.45) is 0 Å². The number of nitrogens with zero attached hydrogens (tertiary/aromatic N) is 3. The van der Waals surface area contributed by atoms with Gasteiger partial charge in [-0.15, -0.1) is 10.2 Å². The van der Waals surface area contributed by atoms with Gasteiger partial charge < -0.3 is 9.88 Å². The van der Waals surface area contributed by atoms with E-state index in [1.54, 1.807) is 0 Å². The zero-order valence-electron chi connectivity index (χ0n) is 15.2. The fourth-order valence-electron chi connectivity index (χ4n) is 2.76. The SMILES string of the molecule is CCn1c(SCC(=O)N[C@H](C)c2ccccc2)nnc1-c1ccccc1Cl. The number of amides is 1. The molecule has 1 amide bonds. The van der Waals surface area contributed by atoms with Gasteiger partial charge in [-0.2, -0.15) is 0 Å². The fraction of sp³-hybridized carbons (Fsp3) is 0.250. The molecule has 0 saturated heterocycles. The summed E-state index contributed by atoms with van der Waals surface area (Å²) < 4.78 is 1.97. The fourth-order valence-corrected chi connectivity index (χ4v) is 3.79. The van der Waals surface area contributed by atoms with Crippen LogP contribution in [0.4, 0.5) is 0 Å². The van der Waals surface area contributed by atoms with Crippen LogP contribution >= 0.6 is 23.4 Å². The molecule has 1 heterocycles. The Morgan fingerprint density at radius 3 is 2.56 bits per heavy atom. The Morgan fingerprint density at radius 2 is 1.85 bits per heavy atom. The number of aromatic nitrogens is 3. The van der Waals surface area contributed by atoms with Crippen LogP contribution < -0.4 is 5.32 Å². The van der Waals surface area contributed by atoms with Gasteiger partial charge in [-0.25, -0.2) is 0 Å². The highest BCUT2D eigenvalue weighted by Gasteiger charge is 2.17. The van der Waals surface area contributed by atoms with E-state index >= 15 is 0 Å². The molecule has 0 spiro atoms. The Labute approximate surface area is 168 Å². The second-order valence-corrected chi connectivity index (χ2v) is 7.37. The minimum atomic E-state index is -0.0405. The highest BCUT2D eigenvalue weighted by molar-refractivity contribution is 7.99. The van der Waals surface area contributed by atoms with Crippen molar-refractivity contribution < 1.29 is 4.79 Å². The molecule has 1 atom stereocenters. The minimum Gasteiger partial charge on any atom is -0.349 e. The van der Waals surface area contributed by atoms with Gasteiger partial charge in [0, 0.05) is 12.1 Å². The molecule has 0 bridgehead atoms. The van der Waals surface area contributed by atoms with Gasteiger partial charge in [0.2, 0.25) is 5.91 Å². The Kier molecular flexibility index (Phi) is 6.53. The average molecular weight is 401 g/mol. The van der Waals surface area contributed by atoms with Crippen LogP contribution in [0.2, 0.25) is 5.02 Å². The highest BCUT2D eigenvalue weighted by Crippen LogP contribution is 2.29. The molecule has 1 aromatic heterocycles. The van der Waals surface area contributed by atoms with Crippen LogP contribution in [0, 0.1) is 0 Å². The molecule has 0 unspecified atom stereocenters. The van der Waals surface area contributed by atoms with Gasteiger partial charge in [-0.05, 0) is 31.5 Å². The van der Waals surface area contributed by atoms with Crippen LogP contribution in [-0.2, 0) is 11.3 Å². The Bertz CT molecular complexity index is 913. The van der Waals surface area contributed by atoms with Gasteiger partial charge in [-0.3, -0.25) is 4.79 Å². The number of hydrogen-bond donors (Lipinski definition) is 1. The van der Waals surface area contributed by atoms with Crippen molar-refractivity contribution in [3.8, 4) is 11.4 Å². The Morgan fingerprint density at radius 1 is 1.15 bits per heavy atom. The topological polar surface area (TPSA) is 59.8 Å². The second-order valence-electron chi connectivity index (χ2n) is 6.02. The van der Waals surface area contributed by atoms with Crippen molar-refractivity contribution in [2.45, 2.75) is 31.6 Å². The third-order valence-electron chi connectivity index (χ3n) is 4.16. The first-order valence-electron chi connectivity index (χ1n) is 8.75. The molecule has 3 rings (SSSR count). The van der Waals surface area contributed by atoms with Gasteiger partial charge in [0.15, 0.2) is 11.0 Å². The molecule has 0 fully saturated rings. The monoisotopic (exact) mass is 400 g/mol. The molecule has 7 heteroatoms. The van der Waals surface area contributed by atoms with Crippen molar-refractivity contribution in [1.29, 1.82) is 0 Å². The summed E-state index contributed by atoms with van der Waals surface area (Å²) in [6, 6.07) is 17.4. The van der Waals surface area contributed by atoms with Crippen molar-refractivity contribution >= 4 is 29.3 Å². The first kappa shape index (κ1) is 19.5. The van der Waals surface area contributed by atoms with Crippen LogP contribution in [0.1, 0.15) is 25.5 Å². The molecule has 1 N–H and O–H groups in total. The molecular formula is C20H21ClN4OS. The summed E-state index contributed by atoms with van der Waals surface area (Å²) in [6.07, 6.45) is 0. The standard InChI is InChI=1S/C20H21ClN4OS/c1-3-25-19(16-11-7-8-12-17(16)21)23-24-20(25)27-13-18(26)22-14(2)15-9-5-4-6-10-15/h4-12,14H,3,13H2,1-2H3,(H,22,26)/t14-/m1/s1. The Balaban J connectivity index is 1.66. The van der Waals surface area contributed by atoms with Gasteiger partial charge in [0.05, 0.1) is 16.8 Å². The number of hydrogen-bond acceptors (Lipinski definition) is 4. The predicted octanol–water partition coefficient (Wildman–Crippen LogP) is 4.59. The van der Waals surface area contributed by atoms with Gasteiger partial charge in [-0.1, -0.05) is 65.8 Å². The van der Waals surface area contributed by atoms with E-state index in [9.17, 15) is 4.79 Å². The summed E-state index contributed by atoms with van der Waals surface area (Å²) >= 11 is 7.66. The van der Waals surface area contributed by atoms with Crippen LogP contribution in [0.5, 0.6) is 0 Å². The van der Waals surface area contributed by atoms with Crippen molar-refractivity contribution in [3.05, 3.63) is 65.2 Å². The lowest BCUT2D eigenvalue weighted by molar-refractivity contribution is -0.119. The normalized spacial score (nSPS) is 12.0. The summed E-state index contributed by atoms with van der Waals surface area (Å²) in [5.41, 5.74) is 1.91. The quantitative estimate of drug-likeness (QED) is 0.589. The second kappa shape index (κ2) is 9.06. The lowest BCUT2D eigenvalue weighted by Crippen LogP contribution is -2.28. The van der Waals surface area contributed by atoms with Crippen LogP contribution in [0.25, 0.3) is 11.4 Å². The minimum absolute atomic E-state index is 0.0398. The first-order chi connectivity index (χ1) is 13.1. The van der Waals surface area contributed by atoms with Crippen molar-refractivity contribution in [1.82, 2.24) is 20.1 Å². The van der Waals surface area contributed by atoms with E-state index in [0.717, 1.165) is 11.1 Å². The third-order valence-corrected chi connectivity index (χ3v) is 5.45. The first-order valence-corrected chi connectivity index (χ1v) is 10.1. The maximum Gasteiger partial charge on any atom is 0.230 e. The van der Waals surface area contributed by atoms with E-state index in [0.29, 0.717) is 22.5 Å². The molecule has 140 valence electrons. The molecular weight excluding hydrogens is 380 g/mol. The maximum atomic E-state index is 12.3. The molecule has 2 aromatic carbocycles. The maximum absolute atomic E-state index is 12.3. The number of carbonyl (C=O) groups is 1. The number of thioether (sulfide) groups is 1. The summed E-state index contributed by atoms with van der Waals surface area (Å²) in [6.45, 7) is 4.69. The number of carbonyl (C=O) groups excluding carboxylic acids is 1. The number of halogens is 1.